The van der Waals surface area contributed by atoms with Crippen LogP contribution in [-0.4, -0.2) is 17.0 Å². The van der Waals surface area contributed by atoms with Crippen molar-refractivity contribution in [2.45, 2.75) is 59.0 Å². The van der Waals surface area contributed by atoms with Gasteiger partial charge in [0.1, 0.15) is 6.29 Å². The zero-order chi connectivity index (χ0) is 13.1. The summed E-state index contributed by atoms with van der Waals surface area (Å²) in [5, 5.41) is 9.96. The van der Waals surface area contributed by atoms with Crippen molar-refractivity contribution in [1.82, 2.24) is 0 Å². The molecule has 0 spiro atoms. The molecule has 2 nitrogen and oxygen atoms in total. The lowest BCUT2D eigenvalue weighted by Gasteiger charge is -2.33. The molecule has 1 unspecified atom stereocenters. The van der Waals surface area contributed by atoms with E-state index in [4.69, 9.17) is 0 Å². The average Bonchev–Trinajstić information content (AvgIpc) is 2.15. The van der Waals surface area contributed by atoms with Gasteiger partial charge in [-0.2, -0.15) is 0 Å². The normalized spacial score (nSPS) is 23.8. The van der Waals surface area contributed by atoms with Gasteiger partial charge in [-0.25, -0.2) is 0 Å². The number of carbonyl (C=O) groups excluding carboxylic acids is 1. The molecule has 0 fully saturated rings. The predicted octanol–water partition coefficient (Wildman–Crippen LogP) is 3.41. The van der Waals surface area contributed by atoms with Gasteiger partial charge in [-0.3, -0.25) is 0 Å². The molecular formula is C15H24O2. The zero-order valence-corrected chi connectivity index (χ0v) is 11.4. The number of rotatable bonds is 4. The quantitative estimate of drug-likeness (QED) is 0.759. The van der Waals surface area contributed by atoms with Gasteiger partial charge in [0.25, 0.3) is 0 Å². The third-order valence-corrected chi connectivity index (χ3v) is 3.65. The van der Waals surface area contributed by atoms with Gasteiger partial charge in [-0.15, -0.1) is 0 Å². The van der Waals surface area contributed by atoms with Crippen LogP contribution in [-0.2, 0) is 4.79 Å². The van der Waals surface area contributed by atoms with Crippen LogP contribution in [0, 0.1) is 5.41 Å². The Morgan fingerprint density at radius 3 is 2.65 bits per heavy atom. The Kier molecular flexibility index (Phi) is 4.31. The molecular weight excluding hydrogens is 212 g/mol. The number of allylic oxidation sites excluding steroid dienone is 3. The summed E-state index contributed by atoms with van der Waals surface area (Å²) in [6, 6.07) is 0. The number of hydrogen-bond donors (Lipinski definition) is 1. The molecule has 0 aromatic rings. The molecule has 0 aliphatic heterocycles. The zero-order valence-electron chi connectivity index (χ0n) is 11.4. The van der Waals surface area contributed by atoms with Gasteiger partial charge < -0.3 is 9.90 Å². The molecule has 0 saturated heterocycles. The maximum absolute atomic E-state index is 10.5. The van der Waals surface area contributed by atoms with E-state index >= 15 is 0 Å². The van der Waals surface area contributed by atoms with Crippen LogP contribution in [0.3, 0.4) is 0 Å². The number of hydrogen-bond acceptors (Lipinski definition) is 2. The van der Waals surface area contributed by atoms with E-state index in [1.807, 2.05) is 6.08 Å². The van der Waals surface area contributed by atoms with Gasteiger partial charge in [-0.1, -0.05) is 31.6 Å². The van der Waals surface area contributed by atoms with E-state index in [2.05, 4.69) is 20.8 Å². The highest BCUT2D eigenvalue weighted by molar-refractivity contribution is 5.52. The van der Waals surface area contributed by atoms with Crippen LogP contribution in [0.2, 0.25) is 0 Å². The lowest BCUT2D eigenvalue weighted by Crippen LogP contribution is -2.23. The SMILES string of the molecule is CC1=C(/C=C/C(C)(O)CC=O)C(C)(C)CCC1. The molecule has 17 heavy (non-hydrogen) atoms. The first-order valence-electron chi connectivity index (χ1n) is 6.34. The molecule has 1 rings (SSSR count). The largest absolute Gasteiger partial charge is 0.386 e. The van der Waals surface area contributed by atoms with Crippen molar-refractivity contribution < 1.29 is 9.90 Å². The van der Waals surface area contributed by atoms with Gasteiger partial charge in [0.15, 0.2) is 0 Å². The molecule has 1 aliphatic carbocycles. The lowest BCUT2D eigenvalue weighted by atomic mass is 9.72. The standard InChI is InChI=1S/C15H24O2/c1-12-6-5-8-14(2,3)13(12)7-9-15(4,17)10-11-16/h7,9,11,17H,5-6,8,10H2,1-4H3/b9-7+. The fourth-order valence-corrected chi connectivity index (χ4v) is 2.51. The molecule has 1 N–H and O–H groups in total. The Hall–Kier alpha value is -0.890. The summed E-state index contributed by atoms with van der Waals surface area (Å²) in [5.41, 5.74) is 1.87. The van der Waals surface area contributed by atoms with Crippen molar-refractivity contribution in [3.63, 3.8) is 0 Å². The highest BCUT2D eigenvalue weighted by Gasteiger charge is 2.27. The van der Waals surface area contributed by atoms with Crippen LogP contribution < -0.4 is 0 Å². The first-order valence-corrected chi connectivity index (χ1v) is 6.34. The highest BCUT2D eigenvalue weighted by Crippen LogP contribution is 2.40. The maximum atomic E-state index is 10.5. The van der Waals surface area contributed by atoms with Crippen LogP contribution in [0.25, 0.3) is 0 Å². The van der Waals surface area contributed by atoms with Crippen molar-refractivity contribution in [3.8, 4) is 0 Å². The fourth-order valence-electron chi connectivity index (χ4n) is 2.51. The van der Waals surface area contributed by atoms with Crippen LogP contribution in [0.1, 0.15) is 53.4 Å². The molecule has 96 valence electrons. The minimum Gasteiger partial charge on any atom is -0.386 e. The third kappa shape index (κ3) is 3.81. The van der Waals surface area contributed by atoms with Gasteiger partial charge in [0, 0.05) is 6.42 Å². The topological polar surface area (TPSA) is 37.3 Å². The Bertz CT molecular complexity index is 346. The summed E-state index contributed by atoms with van der Waals surface area (Å²) in [7, 11) is 0. The molecule has 0 aromatic carbocycles. The Morgan fingerprint density at radius 1 is 1.47 bits per heavy atom. The maximum Gasteiger partial charge on any atom is 0.123 e. The Morgan fingerprint density at radius 2 is 2.12 bits per heavy atom. The van der Waals surface area contributed by atoms with Crippen molar-refractivity contribution in [1.29, 1.82) is 0 Å². The monoisotopic (exact) mass is 236 g/mol. The minimum atomic E-state index is -1.03. The summed E-state index contributed by atoms with van der Waals surface area (Å²) in [5.74, 6) is 0. The summed E-state index contributed by atoms with van der Waals surface area (Å²) >= 11 is 0. The number of aldehydes is 1. The smallest absolute Gasteiger partial charge is 0.123 e. The van der Waals surface area contributed by atoms with Crippen molar-refractivity contribution in [3.05, 3.63) is 23.3 Å². The van der Waals surface area contributed by atoms with Gasteiger partial charge in [0.2, 0.25) is 0 Å². The van der Waals surface area contributed by atoms with E-state index in [0.717, 1.165) is 12.7 Å². The van der Waals surface area contributed by atoms with Crippen molar-refractivity contribution in [2.24, 2.45) is 5.41 Å². The number of carbonyl (C=O) groups is 1. The first-order chi connectivity index (χ1) is 7.78. The third-order valence-electron chi connectivity index (χ3n) is 3.65. The van der Waals surface area contributed by atoms with E-state index in [-0.39, 0.29) is 11.8 Å². The Balaban J connectivity index is 2.92. The first kappa shape index (κ1) is 14.2. The van der Waals surface area contributed by atoms with Crippen LogP contribution in [0.15, 0.2) is 23.3 Å². The van der Waals surface area contributed by atoms with E-state index < -0.39 is 5.60 Å². The summed E-state index contributed by atoms with van der Waals surface area (Å²) in [4.78, 5) is 10.5. The molecule has 0 radical (unpaired) electrons. The van der Waals surface area contributed by atoms with Crippen molar-refractivity contribution in [2.75, 3.05) is 0 Å². The minimum absolute atomic E-state index is 0.149. The summed E-state index contributed by atoms with van der Waals surface area (Å²) in [6.45, 7) is 8.31. The van der Waals surface area contributed by atoms with Gasteiger partial charge in [0.05, 0.1) is 5.60 Å². The molecule has 0 bridgehead atoms. The summed E-state index contributed by atoms with van der Waals surface area (Å²) < 4.78 is 0. The van der Waals surface area contributed by atoms with Gasteiger partial charge in [-0.05, 0) is 44.1 Å². The molecule has 1 aliphatic rings. The van der Waals surface area contributed by atoms with Gasteiger partial charge >= 0.3 is 0 Å². The van der Waals surface area contributed by atoms with E-state index in [1.165, 1.54) is 24.0 Å². The number of aliphatic hydroxyl groups is 1. The van der Waals surface area contributed by atoms with E-state index in [1.54, 1.807) is 13.0 Å². The second-order valence-corrected chi connectivity index (χ2v) is 5.99. The second kappa shape index (κ2) is 5.18. The van der Waals surface area contributed by atoms with E-state index in [9.17, 15) is 9.90 Å². The molecule has 2 heteroatoms. The summed E-state index contributed by atoms with van der Waals surface area (Å²) in [6.07, 6.45) is 8.23. The Labute approximate surface area is 104 Å². The molecule has 0 aromatic heterocycles. The van der Waals surface area contributed by atoms with Crippen LogP contribution >= 0.6 is 0 Å². The second-order valence-electron chi connectivity index (χ2n) is 5.99. The van der Waals surface area contributed by atoms with Crippen LogP contribution in [0.5, 0.6) is 0 Å². The molecule has 0 heterocycles. The lowest BCUT2D eigenvalue weighted by molar-refractivity contribution is -0.110. The average molecular weight is 236 g/mol. The fraction of sp³-hybridized carbons (Fsp3) is 0.667. The van der Waals surface area contributed by atoms with Crippen molar-refractivity contribution >= 4 is 6.29 Å². The molecule has 0 amide bonds. The molecule has 0 saturated carbocycles. The molecule has 1 atom stereocenters. The highest BCUT2D eigenvalue weighted by atomic mass is 16.3. The van der Waals surface area contributed by atoms with Crippen LogP contribution in [0.4, 0.5) is 0 Å². The predicted molar refractivity (Wildman–Crippen MR) is 70.8 cm³/mol. The van der Waals surface area contributed by atoms with E-state index in [0.29, 0.717) is 0 Å².